The monoisotopic (exact) mass is 403 g/mol. The molecule has 6 heteroatoms. The van der Waals surface area contributed by atoms with Gasteiger partial charge in [-0.1, -0.05) is 24.3 Å². The van der Waals surface area contributed by atoms with Crippen molar-refractivity contribution in [3.63, 3.8) is 0 Å². The smallest absolute Gasteiger partial charge is 0.258 e. The van der Waals surface area contributed by atoms with Gasteiger partial charge < -0.3 is 10.2 Å². The molecule has 1 N–H and O–H groups in total. The Labute approximate surface area is 173 Å². The Morgan fingerprint density at radius 3 is 2.79 bits per heavy atom. The number of thiazole rings is 1. The standard InChI is InChI=1S/C23H21N3O2S/c1-14-4-2-3-5-18(14)22(28)26-11-10-17-12-16(8-9-20(17)26)19-13-29-23(24-19)25-21(27)15-6-7-15/h2-5,8-9,12-13,15H,6-7,10-11H2,1H3,(H,24,25,27). The number of anilines is 2. The zero-order valence-corrected chi connectivity index (χ0v) is 17.0. The van der Waals surface area contributed by atoms with E-state index in [1.807, 2.05) is 53.6 Å². The molecular formula is C23H21N3O2S. The van der Waals surface area contributed by atoms with E-state index in [0.717, 1.165) is 52.9 Å². The SMILES string of the molecule is Cc1ccccc1C(=O)N1CCc2cc(-c3csc(NC(=O)C4CC4)n3)ccc21. The van der Waals surface area contributed by atoms with Crippen molar-refractivity contribution in [3.8, 4) is 11.3 Å². The summed E-state index contributed by atoms with van der Waals surface area (Å²) in [5, 5.41) is 5.52. The molecule has 29 heavy (non-hydrogen) atoms. The predicted octanol–water partition coefficient (Wildman–Crippen LogP) is 4.67. The topological polar surface area (TPSA) is 62.3 Å². The number of carbonyl (C=O) groups is 2. The third kappa shape index (κ3) is 3.44. The lowest BCUT2D eigenvalue weighted by molar-refractivity contribution is -0.117. The molecule has 3 aromatic rings. The molecule has 5 rings (SSSR count). The number of benzene rings is 2. The zero-order chi connectivity index (χ0) is 20.0. The Morgan fingerprint density at radius 2 is 2.00 bits per heavy atom. The molecule has 2 heterocycles. The number of hydrogen-bond donors (Lipinski definition) is 1. The fourth-order valence-electron chi connectivity index (χ4n) is 3.75. The first-order chi connectivity index (χ1) is 14.1. The van der Waals surface area contributed by atoms with Crippen molar-refractivity contribution in [2.75, 3.05) is 16.8 Å². The number of aryl methyl sites for hydroxylation is 1. The van der Waals surface area contributed by atoms with Crippen LogP contribution in [0.3, 0.4) is 0 Å². The van der Waals surface area contributed by atoms with E-state index in [9.17, 15) is 9.59 Å². The maximum Gasteiger partial charge on any atom is 0.258 e. The van der Waals surface area contributed by atoms with Crippen LogP contribution in [0.2, 0.25) is 0 Å². The third-order valence-electron chi connectivity index (χ3n) is 5.57. The molecule has 0 bridgehead atoms. The Bertz CT molecular complexity index is 1120. The van der Waals surface area contributed by atoms with Gasteiger partial charge in [0.25, 0.3) is 5.91 Å². The Morgan fingerprint density at radius 1 is 1.17 bits per heavy atom. The number of aromatic nitrogens is 1. The van der Waals surface area contributed by atoms with Gasteiger partial charge in [-0.15, -0.1) is 11.3 Å². The van der Waals surface area contributed by atoms with Crippen molar-refractivity contribution in [1.82, 2.24) is 4.98 Å². The van der Waals surface area contributed by atoms with Gasteiger partial charge in [-0.2, -0.15) is 0 Å². The number of amides is 2. The third-order valence-corrected chi connectivity index (χ3v) is 6.33. The summed E-state index contributed by atoms with van der Waals surface area (Å²) in [5.74, 6) is 0.290. The highest BCUT2D eigenvalue weighted by Gasteiger charge is 2.30. The quantitative estimate of drug-likeness (QED) is 0.689. The summed E-state index contributed by atoms with van der Waals surface area (Å²) in [6, 6.07) is 13.8. The van der Waals surface area contributed by atoms with Crippen molar-refractivity contribution in [3.05, 3.63) is 64.5 Å². The van der Waals surface area contributed by atoms with Crippen molar-refractivity contribution < 1.29 is 9.59 Å². The van der Waals surface area contributed by atoms with E-state index in [2.05, 4.69) is 16.4 Å². The highest BCUT2D eigenvalue weighted by atomic mass is 32.1. The van der Waals surface area contributed by atoms with Gasteiger partial charge in [-0.25, -0.2) is 4.98 Å². The van der Waals surface area contributed by atoms with E-state index >= 15 is 0 Å². The maximum absolute atomic E-state index is 13.0. The summed E-state index contributed by atoms with van der Waals surface area (Å²) < 4.78 is 0. The number of carbonyl (C=O) groups excluding carboxylic acids is 2. The molecule has 2 aromatic carbocycles. The van der Waals surface area contributed by atoms with Gasteiger partial charge in [0.15, 0.2) is 5.13 Å². The summed E-state index contributed by atoms with van der Waals surface area (Å²) >= 11 is 1.45. The second-order valence-electron chi connectivity index (χ2n) is 7.67. The van der Waals surface area contributed by atoms with Crippen LogP contribution >= 0.6 is 11.3 Å². The molecule has 0 radical (unpaired) electrons. The zero-order valence-electron chi connectivity index (χ0n) is 16.1. The van der Waals surface area contributed by atoms with Gasteiger partial charge in [0.05, 0.1) is 5.69 Å². The van der Waals surface area contributed by atoms with Gasteiger partial charge >= 0.3 is 0 Å². The number of rotatable bonds is 4. The van der Waals surface area contributed by atoms with Crippen molar-refractivity contribution in [2.24, 2.45) is 5.92 Å². The fraction of sp³-hybridized carbons (Fsp3) is 0.261. The molecular weight excluding hydrogens is 382 g/mol. The van der Waals surface area contributed by atoms with Crippen LogP contribution in [0.25, 0.3) is 11.3 Å². The molecule has 1 fully saturated rings. The summed E-state index contributed by atoms with van der Waals surface area (Å²) in [6.45, 7) is 2.65. The average Bonchev–Trinajstić information content (AvgIpc) is 3.34. The summed E-state index contributed by atoms with van der Waals surface area (Å²) in [7, 11) is 0. The van der Waals surface area contributed by atoms with Crippen LogP contribution in [0.4, 0.5) is 10.8 Å². The molecule has 1 aliphatic carbocycles. The summed E-state index contributed by atoms with van der Waals surface area (Å²) in [4.78, 5) is 31.4. The van der Waals surface area contributed by atoms with E-state index in [1.165, 1.54) is 11.3 Å². The van der Waals surface area contributed by atoms with Gasteiger partial charge in [-0.3, -0.25) is 9.59 Å². The highest BCUT2D eigenvalue weighted by Crippen LogP contribution is 2.35. The van der Waals surface area contributed by atoms with E-state index in [0.29, 0.717) is 11.7 Å². The van der Waals surface area contributed by atoms with Crippen molar-refractivity contribution >= 4 is 34.0 Å². The van der Waals surface area contributed by atoms with Gasteiger partial charge in [0.1, 0.15) is 0 Å². The molecule has 146 valence electrons. The first kappa shape index (κ1) is 18.1. The Kier molecular flexibility index (Phi) is 4.43. The highest BCUT2D eigenvalue weighted by molar-refractivity contribution is 7.14. The molecule has 1 saturated carbocycles. The Hall–Kier alpha value is -2.99. The maximum atomic E-state index is 13.0. The van der Waals surface area contributed by atoms with Gasteiger partial charge in [0, 0.05) is 34.7 Å². The Balaban J connectivity index is 1.37. The van der Waals surface area contributed by atoms with Crippen LogP contribution in [-0.2, 0) is 11.2 Å². The van der Waals surface area contributed by atoms with Crippen LogP contribution < -0.4 is 10.2 Å². The summed E-state index contributed by atoms with van der Waals surface area (Å²) in [5.41, 5.74) is 5.73. The first-order valence-corrected chi connectivity index (χ1v) is 10.8. The lowest BCUT2D eigenvalue weighted by atomic mass is 10.1. The number of nitrogens with zero attached hydrogens (tertiary/aromatic N) is 2. The van der Waals surface area contributed by atoms with Crippen molar-refractivity contribution in [2.45, 2.75) is 26.2 Å². The second-order valence-corrected chi connectivity index (χ2v) is 8.52. The number of nitrogens with one attached hydrogen (secondary N) is 1. The van der Waals surface area contributed by atoms with E-state index in [1.54, 1.807) is 0 Å². The lowest BCUT2D eigenvalue weighted by Gasteiger charge is -2.18. The minimum absolute atomic E-state index is 0.0494. The second kappa shape index (κ2) is 7.12. The minimum atomic E-state index is 0.0494. The van der Waals surface area contributed by atoms with Gasteiger partial charge in [0.2, 0.25) is 5.91 Å². The van der Waals surface area contributed by atoms with Crippen LogP contribution in [-0.4, -0.2) is 23.3 Å². The normalized spacial score (nSPS) is 15.3. The van der Waals surface area contributed by atoms with Crippen LogP contribution in [0, 0.1) is 12.8 Å². The molecule has 1 aliphatic heterocycles. The predicted molar refractivity (Wildman–Crippen MR) is 115 cm³/mol. The van der Waals surface area contributed by atoms with Crippen LogP contribution in [0.15, 0.2) is 47.8 Å². The number of hydrogen-bond acceptors (Lipinski definition) is 4. The molecule has 0 saturated heterocycles. The van der Waals surface area contributed by atoms with Crippen molar-refractivity contribution in [1.29, 1.82) is 0 Å². The first-order valence-electron chi connectivity index (χ1n) is 9.87. The largest absolute Gasteiger partial charge is 0.308 e. The van der Waals surface area contributed by atoms with Crippen LogP contribution in [0.5, 0.6) is 0 Å². The van der Waals surface area contributed by atoms with E-state index < -0.39 is 0 Å². The molecule has 5 nitrogen and oxygen atoms in total. The van der Waals surface area contributed by atoms with E-state index in [4.69, 9.17) is 0 Å². The summed E-state index contributed by atoms with van der Waals surface area (Å²) in [6.07, 6.45) is 2.79. The fourth-order valence-corrected chi connectivity index (χ4v) is 4.47. The molecule has 2 aliphatic rings. The molecule has 1 aromatic heterocycles. The average molecular weight is 404 g/mol. The van der Waals surface area contributed by atoms with Crippen LogP contribution in [0.1, 0.15) is 34.3 Å². The minimum Gasteiger partial charge on any atom is -0.308 e. The molecule has 2 amide bonds. The molecule has 0 spiro atoms. The lowest BCUT2D eigenvalue weighted by Crippen LogP contribution is -2.29. The molecule has 0 unspecified atom stereocenters. The number of fused-ring (bicyclic) bond motifs is 1. The van der Waals surface area contributed by atoms with Gasteiger partial charge in [-0.05, 0) is 55.5 Å². The molecule has 0 atom stereocenters. The van der Waals surface area contributed by atoms with E-state index in [-0.39, 0.29) is 17.7 Å².